The number of hydrogen-bond acceptors (Lipinski definition) is 4. The number of benzene rings is 1. The highest BCUT2D eigenvalue weighted by molar-refractivity contribution is 5.92. The van der Waals surface area contributed by atoms with Crippen molar-refractivity contribution in [3.8, 4) is 0 Å². The van der Waals surface area contributed by atoms with E-state index < -0.39 is 16.8 Å². The molecule has 19 heavy (non-hydrogen) atoms. The summed E-state index contributed by atoms with van der Waals surface area (Å²) >= 11 is 0. The summed E-state index contributed by atoms with van der Waals surface area (Å²) < 4.78 is 0. The fourth-order valence-electron chi connectivity index (χ4n) is 2.04. The molecule has 1 aromatic rings. The van der Waals surface area contributed by atoms with Crippen LogP contribution in [0, 0.1) is 16.0 Å². The summed E-state index contributed by atoms with van der Waals surface area (Å²) in [6.45, 7) is 4.83. The third-order valence-electron chi connectivity index (χ3n) is 3.28. The van der Waals surface area contributed by atoms with Crippen LogP contribution in [-0.4, -0.2) is 16.5 Å². The molecular formula is C14H17NO4. The van der Waals surface area contributed by atoms with E-state index in [0.29, 0.717) is 12.0 Å². The number of nitro groups is 1. The molecule has 1 aromatic carbocycles. The maximum Gasteiger partial charge on any atom is 0.269 e. The van der Waals surface area contributed by atoms with Crippen LogP contribution in [0.3, 0.4) is 0 Å². The Morgan fingerprint density at radius 3 is 2.47 bits per heavy atom. The second-order valence-corrected chi connectivity index (χ2v) is 4.55. The molecule has 0 spiro atoms. The lowest BCUT2D eigenvalue weighted by Crippen LogP contribution is -2.24. The van der Waals surface area contributed by atoms with Crippen LogP contribution in [0.2, 0.25) is 0 Å². The van der Waals surface area contributed by atoms with Crippen LogP contribution >= 0.6 is 0 Å². The number of non-ortho nitro benzene ring substituents is 1. The first kappa shape index (κ1) is 15.0. The molecule has 5 nitrogen and oxygen atoms in total. The first-order chi connectivity index (χ1) is 8.88. The first-order valence-electron chi connectivity index (χ1n) is 6.16. The van der Waals surface area contributed by atoms with Gasteiger partial charge in [-0.15, -0.1) is 0 Å². The molecule has 0 aliphatic carbocycles. The van der Waals surface area contributed by atoms with Crippen LogP contribution in [-0.2, 0) is 9.59 Å². The minimum absolute atomic E-state index is 0.0674. The number of rotatable bonds is 6. The molecular weight excluding hydrogens is 246 g/mol. The molecule has 0 N–H and O–H groups in total. The third kappa shape index (κ3) is 3.47. The van der Waals surface area contributed by atoms with Gasteiger partial charge >= 0.3 is 0 Å². The molecule has 102 valence electrons. The minimum Gasteiger partial charge on any atom is -0.300 e. The molecule has 0 aromatic heterocycles. The summed E-state index contributed by atoms with van der Waals surface area (Å²) in [4.78, 5) is 33.8. The van der Waals surface area contributed by atoms with Crippen molar-refractivity contribution in [2.75, 3.05) is 0 Å². The predicted molar refractivity (Wildman–Crippen MR) is 71.0 cm³/mol. The summed E-state index contributed by atoms with van der Waals surface area (Å²) in [5.41, 5.74) is 0.464. The first-order valence-corrected chi connectivity index (χ1v) is 6.16. The SMILES string of the molecule is CCC(=O)C(c1cccc([N+](=O)[O-])c1)C(C)C(C)=O. The topological polar surface area (TPSA) is 77.3 Å². The summed E-state index contributed by atoms with van der Waals surface area (Å²) in [7, 11) is 0. The Morgan fingerprint density at radius 2 is 2.00 bits per heavy atom. The maximum absolute atomic E-state index is 12.0. The Hall–Kier alpha value is -2.04. The van der Waals surface area contributed by atoms with Gasteiger partial charge in [-0.05, 0) is 12.5 Å². The fourth-order valence-corrected chi connectivity index (χ4v) is 2.04. The van der Waals surface area contributed by atoms with Gasteiger partial charge in [-0.2, -0.15) is 0 Å². The van der Waals surface area contributed by atoms with Gasteiger partial charge in [0.05, 0.1) is 10.8 Å². The number of Topliss-reactive ketones (excluding diaryl/α,β-unsaturated/α-hetero) is 2. The number of carbonyl (C=O) groups is 2. The summed E-state index contributed by atoms with van der Waals surface area (Å²) in [5.74, 6) is -1.27. The molecule has 0 heterocycles. The van der Waals surface area contributed by atoms with Crippen LogP contribution in [0.5, 0.6) is 0 Å². The molecule has 2 atom stereocenters. The van der Waals surface area contributed by atoms with Crippen molar-refractivity contribution in [1.82, 2.24) is 0 Å². The largest absolute Gasteiger partial charge is 0.300 e. The van der Waals surface area contributed by atoms with E-state index in [2.05, 4.69) is 0 Å². The maximum atomic E-state index is 12.0. The molecule has 5 heteroatoms. The van der Waals surface area contributed by atoms with E-state index in [4.69, 9.17) is 0 Å². The second kappa shape index (κ2) is 6.22. The fraction of sp³-hybridized carbons (Fsp3) is 0.429. The highest BCUT2D eigenvalue weighted by Crippen LogP contribution is 2.29. The monoisotopic (exact) mass is 263 g/mol. The van der Waals surface area contributed by atoms with Gasteiger partial charge in [0.15, 0.2) is 0 Å². The van der Waals surface area contributed by atoms with Crippen molar-refractivity contribution < 1.29 is 14.5 Å². The number of nitro benzene ring substituents is 1. The van der Waals surface area contributed by atoms with Crippen molar-refractivity contribution in [3.05, 3.63) is 39.9 Å². The normalized spacial score (nSPS) is 13.6. The Balaban J connectivity index is 3.25. The molecule has 0 aliphatic heterocycles. The zero-order valence-electron chi connectivity index (χ0n) is 11.3. The minimum atomic E-state index is -0.609. The lowest BCUT2D eigenvalue weighted by atomic mass is 9.81. The van der Waals surface area contributed by atoms with Gasteiger partial charge in [-0.25, -0.2) is 0 Å². The number of nitrogens with zero attached hydrogens (tertiary/aromatic N) is 1. The Labute approximate surface area is 111 Å². The number of ketones is 2. The molecule has 0 bridgehead atoms. The number of hydrogen-bond donors (Lipinski definition) is 0. The zero-order chi connectivity index (χ0) is 14.6. The molecule has 0 fully saturated rings. The van der Waals surface area contributed by atoms with Crippen molar-refractivity contribution in [1.29, 1.82) is 0 Å². The molecule has 0 radical (unpaired) electrons. The van der Waals surface area contributed by atoms with Crippen LogP contribution in [0.4, 0.5) is 5.69 Å². The molecule has 0 saturated heterocycles. The van der Waals surface area contributed by atoms with Gasteiger partial charge in [0.2, 0.25) is 0 Å². The van der Waals surface area contributed by atoms with E-state index in [-0.39, 0.29) is 17.3 Å². The Bertz CT molecular complexity index is 510. The van der Waals surface area contributed by atoms with E-state index in [9.17, 15) is 19.7 Å². The quantitative estimate of drug-likeness (QED) is 0.584. The highest BCUT2D eigenvalue weighted by atomic mass is 16.6. The van der Waals surface area contributed by atoms with E-state index in [1.165, 1.54) is 25.1 Å². The van der Waals surface area contributed by atoms with Crippen molar-refractivity contribution in [2.24, 2.45) is 5.92 Å². The van der Waals surface area contributed by atoms with Gasteiger partial charge in [-0.1, -0.05) is 26.0 Å². The van der Waals surface area contributed by atoms with Gasteiger partial charge in [0.1, 0.15) is 11.6 Å². The summed E-state index contributed by atoms with van der Waals surface area (Å²) in [6, 6.07) is 5.94. The Morgan fingerprint density at radius 1 is 1.37 bits per heavy atom. The predicted octanol–water partition coefficient (Wildman–Crippen LogP) is 2.88. The molecule has 1 rings (SSSR count). The Kier molecular flexibility index (Phi) is 4.92. The van der Waals surface area contributed by atoms with Crippen LogP contribution in [0.15, 0.2) is 24.3 Å². The second-order valence-electron chi connectivity index (χ2n) is 4.55. The average molecular weight is 263 g/mol. The average Bonchev–Trinajstić information content (AvgIpc) is 2.38. The van der Waals surface area contributed by atoms with Crippen molar-refractivity contribution in [2.45, 2.75) is 33.1 Å². The van der Waals surface area contributed by atoms with E-state index in [1.807, 2.05) is 0 Å². The number of carbonyl (C=O) groups excluding carboxylic acids is 2. The van der Waals surface area contributed by atoms with Gasteiger partial charge in [0, 0.05) is 24.5 Å². The summed E-state index contributed by atoms with van der Waals surface area (Å²) in [5, 5.41) is 10.8. The molecule has 0 saturated carbocycles. The smallest absolute Gasteiger partial charge is 0.269 e. The van der Waals surface area contributed by atoms with Crippen LogP contribution in [0.1, 0.15) is 38.7 Å². The van der Waals surface area contributed by atoms with Gasteiger partial charge in [-0.3, -0.25) is 19.7 Å². The van der Waals surface area contributed by atoms with Gasteiger partial charge < -0.3 is 0 Å². The summed E-state index contributed by atoms with van der Waals surface area (Å²) in [6.07, 6.45) is 0.297. The van der Waals surface area contributed by atoms with E-state index in [0.717, 1.165) is 0 Å². The van der Waals surface area contributed by atoms with E-state index in [1.54, 1.807) is 19.9 Å². The van der Waals surface area contributed by atoms with Crippen LogP contribution in [0.25, 0.3) is 0 Å². The lowest BCUT2D eigenvalue weighted by Gasteiger charge is -2.20. The van der Waals surface area contributed by atoms with Crippen molar-refractivity contribution in [3.63, 3.8) is 0 Å². The van der Waals surface area contributed by atoms with Crippen molar-refractivity contribution >= 4 is 17.3 Å². The molecule has 2 unspecified atom stereocenters. The lowest BCUT2D eigenvalue weighted by molar-refractivity contribution is -0.384. The third-order valence-corrected chi connectivity index (χ3v) is 3.28. The standard InChI is InChI=1S/C14H17NO4/c1-4-13(17)14(9(2)10(3)16)11-6-5-7-12(8-11)15(18)19/h5-9,14H,4H2,1-3H3. The van der Waals surface area contributed by atoms with E-state index >= 15 is 0 Å². The van der Waals surface area contributed by atoms with Gasteiger partial charge in [0.25, 0.3) is 5.69 Å². The van der Waals surface area contributed by atoms with Crippen LogP contribution < -0.4 is 0 Å². The zero-order valence-corrected chi connectivity index (χ0v) is 11.3. The molecule has 0 aliphatic rings. The molecule has 0 amide bonds. The highest BCUT2D eigenvalue weighted by Gasteiger charge is 2.29.